The zero-order valence-corrected chi connectivity index (χ0v) is 10.6. The molecule has 0 radical (unpaired) electrons. The first kappa shape index (κ1) is 14.5. The van der Waals surface area contributed by atoms with Gasteiger partial charge in [-0.3, -0.25) is 0 Å². The maximum Gasteiger partial charge on any atom is 0.0558 e. The van der Waals surface area contributed by atoms with Crippen LogP contribution < -0.4 is 5.32 Å². The summed E-state index contributed by atoms with van der Waals surface area (Å²) in [6.45, 7) is 7.29. The summed E-state index contributed by atoms with van der Waals surface area (Å²) >= 11 is 0. The molecule has 0 bridgehead atoms. The van der Waals surface area contributed by atoms with Crippen molar-refractivity contribution in [3.8, 4) is 11.8 Å². The van der Waals surface area contributed by atoms with Gasteiger partial charge in [0.15, 0.2) is 0 Å². The lowest BCUT2D eigenvalue weighted by atomic mass is 10.0. The average molecular weight is 211 g/mol. The topological polar surface area (TPSA) is 21.3 Å². The molecular weight excluding hydrogens is 186 g/mol. The standard InChI is InChI=1S/C13H25NO/c1-5-7-8-9-13(14-10-6-2)11-12(3)15-4/h12-14H,6,8-11H2,1-4H3. The van der Waals surface area contributed by atoms with Gasteiger partial charge in [0.2, 0.25) is 0 Å². The molecule has 2 heteroatoms. The number of hydrogen-bond acceptors (Lipinski definition) is 2. The zero-order chi connectivity index (χ0) is 11.5. The number of methoxy groups -OCH3 is 1. The molecular formula is C13H25NO. The fourth-order valence-electron chi connectivity index (χ4n) is 1.52. The first-order chi connectivity index (χ1) is 7.24. The number of rotatable bonds is 8. The molecule has 0 aromatic heterocycles. The highest BCUT2D eigenvalue weighted by Crippen LogP contribution is 2.07. The van der Waals surface area contributed by atoms with E-state index in [2.05, 4.69) is 31.0 Å². The summed E-state index contributed by atoms with van der Waals surface area (Å²) in [6.07, 6.45) is 4.68. The average Bonchev–Trinajstić information content (AvgIpc) is 2.25. The molecule has 0 aliphatic carbocycles. The molecule has 88 valence electrons. The van der Waals surface area contributed by atoms with Crippen LogP contribution in [0, 0.1) is 11.8 Å². The highest BCUT2D eigenvalue weighted by molar-refractivity contribution is 4.95. The van der Waals surface area contributed by atoms with Gasteiger partial charge >= 0.3 is 0 Å². The second kappa shape index (κ2) is 10.0. The Morgan fingerprint density at radius 2 is 2.13 bits per heavy atom. The molecule has 0 fully saturated rings. The maximum atomic E-state index is 5.29. The molecule has 0 aromatic carbocycles. The first-order valence-electron chi connectivity index (χ1n) is 5.90. The van der Waals surface area contributed by atoms with Gasteiger partial charge in [-0.1, -0.05) is 6.92 Å². The van der Waals surface area contributed by atoms with Gasteiger partial charge in [-0.05, 0) is 39.7 Å². The number of hydrogen-bond donors (Lipinski definition) is 1. The molecule has 0 aliphatic heterocycles. The SMILES string of the molecule is CC#CCCC(CC(C)OC)NCCC. The predicted molar refractivity (Wildman–Crippen MR) is 65.9 cm³/mol. The van der Waals surface area contributed by atoms with E-state index < -0.39 is 0 Å². The van der Waals surface area contributed by atoms with Crippen molar-refractivity contribution in [3.63, 3.8) is 0 Å². The Bertz CT molecular complexity index is 192. The lowest BCUT2D eigenvalue weighted by Gasteiger charge is -2.20. The minimum Gasteiger partial charge on any atom is -0.382 e. The zero-order valence-electron chi connectivity index (χ0n) is 10.6. The van der Waals surface area contributed by atoms with Crippen LogP contribution in [-0.2, 0) is 4.74 Å². The van der Waals surface area contributed by atoms with Gasteiger partial charge in [-0.2, -0.15) is 0 Å². The third-order valence-electron chi connectivity index (χ3n) is 2.50. The van der Waals surface area contributed by atoms with Crippen LogP contribution in [0.25, 0.3) is 0 Å². The highest BCUT2D eigenvalue weighted by atomic mass is 16.5. The van der Waals surface area contributed by atoms with Gasteiger partial charge in [0, 0.05) is 19.6 Å². The largest absolute Gasteiger partial charge is 0.382 e. The Hall–Kier alpha value is -0.520. The van der Waals surface area contributed by atoms with E-state index in [-0.39, 0.29) is 0 Å². The second-order valence-electron chi connectivity index (χ2n) is 3.90. The summed E-state index contributed by atoms with van der Waals surface area (Å²) in [6, 6.07) is 0.542. The van der Waals surface area contributed by atoms with Crippen molar-refractivity contribution in [2.45, 2.75) is 58.6 Å². The van der Waals surface area contributed by atoms with Gasteiger partial charge in [-0.25, -0.2) is 0 Å². The van der Waals surface area contributed by atoms with E-state index >= 15 is 0 Å². The summed E-state index contributed by atoms with van der Waals surface area (Å²) < 4.78 is 5.29. The lowest BCUT2D eigenvalue weighted by molar-refractivity contribution is 0.0995. The molecule has 0 amide bonds. The molecule has 0 heterocycles. The molecule has 1 N–H and O–H groups in total. The molecule has 0 saturated heterocycles. The van der Waals surface area contributed by atoms with E-state index in [1.807, 2.05) is 6.92 Å². The van der Waals surface area contributed by atoms with Crippen LogP contribution in [0.5, 0.6) is 0 Å². The fourth-order valence-corrected chi connectivity index (χ4v) is 1.52. The quantitative estimate of drug-likeness (QED) is 0.623. The molecule has 0 spiro atoms. The highest BCUT2D eigenvalue weighted by Gasteiger charge is 2.11. The fraction of sp³-hybridized carbons (Fsp3) is 0.846. The van der Waals surface area contributed by atoms with Crippen LogP contribution in [-0.4, -0.2) is 25.8 Å². The Morgan fingerprint density at radius 1 is 1.40 bits per heavy atom. The predicted octanol–water partition coefficient (Wildman–Crippen LogP) is 2.58. The summed E-state index contributed by atoms with van der Waals surface area (Å²) in [5.41, 5.74) is 0. The summed E-state index contributed by atoms with van der Waals surface area (Å²) in [4.78, 5) is 0. The lowest BCUT2D eigenvalue weighted by Crippen LogP contribution is -2.33. The van der Waals surface area contributed by atoms with Crippen molar-refractivity contribution >= 4 is 0 Å². The minimum atomic E-state index is 0.328. The van der Waals surface area contributed by atoms with Crippen LogP contribution in [0.4, 0.5) is 0 Å². The molecule has 0 saturated carbocycles. The molecule has 0 aromatic rings. The third kappa shape index (κ3) is 8.47. The minimum absolute atomic E-state index is 0.328. The smallest absolute Gasteiger partial charge is 0.0558 e. The van der Waals surface area contributed by atoms with Crippen LogP contribution >= 0.6 is 0 Å². The molecule has 0 rings (SSSR count). The van der Waals surface area contributed by atoms with Crippen LogP contribution in [0.15, 0.2) is 0 Å². The van der Waals surface area contributed by atoms with Gasteiger partial charge < -0.3 is 10.1 Å². The summed E-state index contributed by atoms with van der Waals surface area (Å²) in [5, 5.41) is 3.55. The van der Waals surface area contributed by atoms with E-state index in [9.17, 15) is 0 Å². The Kier molecular flexibility index (Phi) is 9.67. The van der Waals surface area contributed by atoms with Crippen molar-refractivity contribution in [2.24, 2.45) is 0 Å². The molecule has 2 nitrogen and oxygen atoms in total. The van der Waals surface area contributed by atoms with E-state index in [1.165, 1.54) is 6.42 Å². The maximum absolute atomic E-state index is 5.29. The third-order valence-corrected chi connectivity index (χ3v) is 2.50. The second-order valence-corrected chi connectivity index (χ2v) is 3.90. The Labute approximate surface area is 94.8 Å². The monoisotopic (exact) mass is 211 g/mol. The Morgan fingerprint density at radius 3 is 2.67 bits per heavy atom. The van der Waals surface area contributed by atoms with E-state index in [4.69, 9.17) is 4.74 Å². The normalized spacial score (nSPS) is 14.1. The number of nitrogens with one attached hydrogen (secondary N) is 1. The van der Waals surface area contributed by atoms with Crippen LogP contribution in [0.3, 0.4) is 0 Å². The van der Waals surface area contributed by atoms with Crippen molar-refractivity contribution < 1.29 is 4.74 Å². The van der Waals surface area contributed by atoms with Gasteiger partial charge in [-0.15, -0.1) is 11.8 Å². The van der Waals surface area contributed by atoms with Crippen LogP contribution in [0.2, 0.25) is 0 Å². The van der Waals surface area contributed by atoms with Crippen molar-refractivity contribution in [1.82, 2.24) is 5.32 Å². The van der Waals surface area contributed by atoms with E-state index in [0.29, 0.717) is 12.1 Å². The molecule has 15 heavy (non-hydrogen) atoms. The molecule has 2 atom stereocenters. The van der Waals surface area contributed by atoms with Crippen LogP contribution in [0.1, 0.15) is 46.5 Å². The molecule has 2 unspecified atom stereocenters. The van der Waals surface area contributed by atoms with Crippen molar-refractivity contribution in [2.75, 3.05) is 13.7 Å². The van der Waals surface area contributed by atoms with Gasteiger partial charge in [0.1, 0.15) is 0 Å². The summed E-state index contributed by atoms with van der Waals surface area (Å²) in [5.74, 6) is 6.05. The Balaban J connectivity index is 3.86. The van der Waals surface area contributed by atoms with Gasteiger partial charge in [0.25, 0.3) is 0 Å². The van der Waals surface area contributed by atoms with Crippen molar-refractivity contribution in [1.29, 1.82) is 0 Å². The number of ether oxygens (including phenoxy) is 1. The van der Waals surface area contributed by atoms with E-state index in [1.54, 1.807) is 7.11 Å². The molecule has 0 aliphatic rings. The van der Waals surface area contributed by atoms with Gasteiger partial charge in [0.05, 0.1) is 6.10 Å². The summed E-state index contributed by atoms with van der Waals surface area (Å²) in [7, 11) is 1.77. The van der Waals surface area contributed by atoms with Crippen molar-refractivity contribution in [3.05, 3.63) is 0 Å². The first-order valence-corrected chi connectivity index (χ1v) is 5.90. The van der Waals surface area contributed by atoms with E-state index in [0.717, 1.165) is 25.8 Å².